The smallest absolute Gasteiger partial charge is 0.196 e. The van der Waals surface area contributed by atoms with E-state index in [9.17, 15) is 13.2 Å². The quantitative estimate of drug-likeness (QED) is 0.820. The SMILES string of the molecule is CC(CC1CCCCN1)Nc1ccc(F)c(F)c1F. The zero-order valence-corrected chi connectivity index (χ0v) is 11.0. The van der Waals surface area contributed by atoms with Gasteiger partial charge in [-0.3, -0.25) is 0 Å². The predicted octanol–water partition coefficient (Wildman–Crippen LogP) is 3.44. The third-order valence-corrected chi connectivity index (χ3v) is 3.49. The van der Waals surface area contributed by atoms with Crippen molar-refractivity contribution in [3.05, 3.63) is 29.6 Å². The highest BCUT2D eigenvalue weighted by molar-refractivity contribution is 5.46. The van der Waals surface area contributed by atoms with Crippen molar-refractivity contribution in [2.45, 2.75) is 44.7 Å². The van der Waals surface area contributed by atoms with Gasteiger partial charge in [0.2, 0.25) is 0 Å². The zero-order valence-electron chi connectivity index (χ0n) is 11.0. The second-order valence-electron chi connectivity index (χ2n) is 5.15. The molecule has 19 heavy (non-hydrogen) atoms. The Labute approximate surface area is 111 Å². The van der Waals surface area contributed by atoms with Crippen molar-refractivity contribution in [2.24, 2.45) is 0 Å². The van der Waals surface area contributed by atoms with Gasteiger partial charge in [-0.15, -0.1) is 0 Å². The van der Waals surface area contributed by atoms with Crippen LogP contribution in [0.15, 0.2) is 12.1 Å². The molecule has 0 aliphatic carbocycles. The van der Waals surface area contributed by atoms with E-state index in [1.807, 2.05) is 6.92 Å². The van der Waals surface area contributed by atoms with E-state index in [-0.39, 0.29) is 11.7 Å². The summed E-state index contributed by atoms with van der Waals surface area (Å²) < 4.78 is 39.4. The topological polar surface area (TPSA) is 24.1 Å². The fourth-order valence-electron chi connectivity index (χ4n) is 2.51. The van der Waals surface area contributed by atoms with Crippen molar-refractivity contribution in [3.8, 4) is 0 Å². The van der Waals surface area contributed by atoms with Crippen molar-refractivity contribution < 1.29 is 13.2 Å². The van der Waals surface area contributed by atoms with Gasteiger partial charge in [0, 0.05) is 12.1 Å². The Morgan fingerprint density at radius 1 is 1.26 bits per heavy atom. The van der Waals surface area contributed by atoms with Crippen LogP contribution in [0.1, 0.15) is 32.6 Å². The Kier molecular flexibility index (Phi) is 4.69. The second-order valence-corrected chi connectivity index (χ2v) is 5.15. The first kappa shape index (κ1) is 14.2. The maximum atomic E-state index is 13.5. The molecule has 1 aromatic rings. The summed E-state index contributed by atoms with van der Waals surface area (Å²) >= 11 is 0. The summed E-state index contributed by atoms with van der Waals surface area (Å²) in [4.78, 5) is 0. The van der Waals surface area contributed by atoms with E-state index in [4.69, 9.17) is 0 Å². The highest BCUT2D eigenvalue weighted by Gasteiger charge is 2.18. The first-order valence-corrected chi connectivity index (χ1v) is 6.71. The molecule has 0 spiro atoms. The fourth-order valence-corrected chi connectivity index (χ4v) is 2.51. The summed E-state index contributed by atoms with van der Waals surface area (Å²) in [6, 6.07) is 2.57. The van der Waals surface area contributed by atoms with E-state index in [2.05, 4.69) is 10.6 Å². The molecule has 106 valence electrons. The van der Waals surface area contributed by atoms with Gasteiger partial charge in [-0.1, -0.05) is 6.42 Å². The van der Waals surface area contributed by atoms with E-state index in [1.54, 1.807) is 0 Å². The summed E-state index contributed by atoms with van der Waals surface area (Å²) in [7, 11) is 0. The summed E-state index contributed by atoms with van der Waals surface area (Å²) in [5.74, 6) is -3.74. The molecular weight excluding hydrogens is 253 g/mol. The van der Waals surface area contributed by atoms with Crippen molar-refractivity contribution in [1.29, 1.82) is 0 Å². The zero-order chi connectivity index (χ0) is 13.8. The molecule has 5 heteroatoms. The van der Waals surface area contributed by atoms with Crippen molar-refractivity contribution in [1.82, 2.24) is 5.32 Å². The number of nitrogens with one attached hydrogen (secondary N) is 2. The van der Waals surface area contributed by atoms with Gasteiger partial charge in [-0.2, -0.15) is 0 Å². The predicted molar refractivity (Wildman–Crippen MR) is 69.7 cm³/mol. The molecule has 1 aromatic carbocycles. The number of anilines is 1. The van der Waals surface area contributed by atoms with Gasteiger partial charge >= 0.3 is 0 Å². The number of benzene rings is 1. The first-order chi connectivity index (χ1) is 9.08. The van der Waals surface area contributed by atoms with Crippen LogP contribution in [0.2, 0.25) is 0 Å². The van der Waals surface area contributed by atoms with Crippen LogP contribution in [-0.4, -0.2) is 18.6 Å². The Bertz CT molecular complexity index is 431. The van der Waals surface area contributed by atoms with Gasteiger partial charge in [0.1, 0.15) is 0 Å². The summed E-state index contributed by atoms with van der Waals surface area (Å²) in [5, 5.41) is 6.31. The van der Waals surface area contributed by atoms with Gasteiger partial charge in [-0.05, 0) is 44.9 Å². The molecule has 1 fully saturated rings. The minimum atomic E-state index is -1.42. The molecule has 0 bridgehead atoms. The highest BCUT2D eigenvalue weighted by atomic mass is 19.2. The molecule has 2 nitrogen and oxygen atoms in total. The summed E-state index contributed by atoms with van der Waals surface area (Å²) in [6.07, 6.45) is 4.32. The van der Waals surface area contributed by atoms with E-state index in [0.29, 0.717) is 6.04 Å². The lowest BCUT2D eigenvalue weighted by Gasteiger charge is -2.27. The molecule has 0 amide bonds. The number of halogens is 3. The lowest BCUT2D eigenvalue weighted by Crippen LogP contribution is -2.37. The Hall–Kier alpha value is -1.23. The van der Waals surface area contributed by atoms with Gasteiger partial charge < -0.3 is 10.6 Å². The number of hydrogen-bond acceptors (Lipinski definition) is 2. The average molecular weight is 272 g/mol. The third kappa shape index (κ3) is 3.62. The first-order valence-electron chi connectivity index (χ1n) is 6.71. The standard InChI is InChI=1S/C14H19F3N2/c1-9(8-10-4-2-3-7-18-10)19-12-6-5-11(15)13(16)14(12)17/h5-6,9-10,18-19H,2-4,7-8H2,1H3. The molecule has 1 saturated heterocycles. The van der Waals surface area contributed by atoms with Crippen molar-refractivity contribution >= 4 is 5.69 Å². The molecule has 2 unspecified atom stereocenters. The monoisotopic (exact) mass is 272 g/mol. The van der Waals surface area contributed by atoms with E-state index in [1.165, 1.54) is 18.9 Å². The lowest BCUT2D eigenvalue weighted by molar-refractivity contribution is 0.370. The Balaban J connectivity index is 1.94. The fraction of sp³-hybridized carbons (Fsp3) is 0.571. The molecule has 0 radical (unpaired) electrons. The van der Waals surface area contributed by atoms with Crippen LogP contribution in [0.4, 0.5) is 18.9 Å². The van der Waals surface area contributed by atoms with E-state index in [0.717, 1.165) is 25.5 Å². The van der Waals surface area contributed by atoms with Gasteiger partial charge in [0.25, 0.3) is 0 Å². The van der Waals surface area contributed by atoms with Crippen LogP contribution in [-0.2, 0) is 0 Å². The van der Waals surface area contributed by atoms with Gasteiger partial charge in [-0.25, -0.2) is 13.2 Å². The van der Waals surface area contributed by atoms with E-state index < -0.39 is 17.5 Å². The van der Waals surface area contributed by atoms with Gasteiger partial charge in [0.05, 0.1) is 5.69 Å². The summed E-state index contributed by atoms with van der Waals surface area (Å²) in [5.41, 5.74) is 0.0159. The van der Waals surface area contributed by atoms with Crippen LogP contribution in [0.25, 0.3) is 0 Å². The third-order valence-electron chi connectivity index (χ3n) is 3.49. The average Bonchev–Trinajstić information content (AvgIpc) is 2.41. The normalized spacial score (nSPS) is 21.2. The maximum Gasteiger partial charge on any atom is 0.196 e. The van der Waals surface area contributed by atoms with Gasteiger partial charge in [0.15, 0.2) is 17.5 Å². The summed E-state index contributed by atoms with van der Waals surface area (Å²) in [6.45, 7) is 2.92. The van der Waals surface area contributed by atoms with Crippen molar-refractivity contribution in [2.75, 3.05) is 11.9 Å². The molecule has 0 saturated carbocycles. The van der Waals surface area contributed by atoms with Crippen LogP contribution in [0, 0.1) is 17.5 Å². The number of rotatable bonds is 4. The minimum Gasteiger partial charge on any atom is -0.380 e. The van der Waals surface area contributed by atoms with Crippen molar-refractivity contribution in [3.63, 3.8) is 0 Å². The number of piperidine rings is 1. The molecule has 1 aliphatic rings. The second kappa shape index (κ2) is 6.28. The van der Waals surface area contributed by atoms with Crippen LogP contribution < -0.4 is 10.6 Å². The van der Waals surface area contributed by atoms with Crippen LogP contribution in [0.5, 0.6) is 0 Å². The molecular formula is C14H19F3N2. The molecule has 2 rings (SSSR count). The van der Waals surface area contributed by atoms with Crippen LogP contribution in [0.3, 0.4) is 0 Å². The largest absolute Gasteiger partial charge is 0.380 e. The Morgan fingerprint density at radius 2 is 2.05 bits per heavy atom. The lowest BCUT2D eigenvalue weighted by atomic mass is 9.98. The molecule has 1 heterocycles. The maximum absolute atomic E-state index is 13.5. The molecule has 0 aromatic heterocycles. The number of hydrogen-bond donors (Lipinski definition) is 2. The Morgan fingerprint density at radius 3 is 2.74 bits per heavy atom. The minimum absolute atomic E-state index is 0.00467. The molecule has 2 atom stereocenters. The van der Waals surface area contributed by atoms with Crippen LogP contribution >= 0.6 is 0 Å². The molecule has 2 N–H and O–H groups in total. The van der Waals surface area contributed by atoms with E-state index >= 15 is 0 Å². The molecule has 1 aliphatic heterocycles. The highest BCUT2D eigenvalue weighted by Crippen LogP contribution is 2.21.